The summed E-state index contributed by atoms with van der Waals surface area (Å²) in [6.45, 7) is 0. The standard InChI is InChI=1S/C16H15BrN2O4S/c1-23-16(22)13-10(17)8-24-15-12(14(21)19(13)15)18-11(20)7-9-5-3-2-4-6-9/h2-6,12,15H,7-8H2,1H3,(H,18,20)/t12?,15-/m0/s1. The topological polar surface area (TPSA) is 75.7 Å². The molecule has 1 unspecified atom stereocenters. The van der Waals surface area contributed by atoms with Gasteiger partial charge in [-0.1, -0.05) is 46.3 Å². The lowest BCUT2D eigenvalue weighted by atomic mass is 10.0. The zero-order chi connectivity index (χ0) is 17.3. The van der Waals surface area contributed by atoms with Gasteiger partial charge in [0.1, 0.15) is 17.1 Å². The van der Waals surface area contributed by atoms with Gasteiger partial charge in [0.25, 0.3) is 5.91 Å². The highest BCUT2D eigenvalue weighted by molar-refractivity contribution is 9.11. The minimum absolute atomic E-state index is 0.214. The zero-order valence-corrected chi connectivity index (χ0v) is 15.2. The van der Waals surface area contributed by atoms with Crippen molar-refractivity contribution in [2.75, 3.05) is 12.9 Å². The maximum atomic E-state index is 12.4. The summed E-state index contributed by atoms with van der Waals surface area (Å²) in [5, 5.41) is 2.48. The first-order chi connectivity index (χ1) is 11.5. The number of rotatable bonds is 4. The summed E-state index contributed by atoms with van der Waals surface area (Å²) < 4.78 is 5.36. The van der Waals surface area contributed by atoms with E-state index < -0.39 is 12.0 Å². The van der Waals surface area contributed by atoms with Gasteiger partial charge in [0.05, 0.1) is 13.5 Å². The van der Waals surface area contributed by atoms with E-state index in [2.05, 4.69) is 21.2 Å². The third kappa shape index (κ3) is 3.08. The molecular weight excluding hydrogens is 396 g/mol. The summed E-state index contributed by atoms with van der Waals surface area (Å²) in [5.74, 6) is -0.530. The number of ether oxygens (including phenoxy) is 1. The van der Waals surface area contributed by atoms with E-state index in [0.717, 1.165) is 5.56 Å². The van der Waals surface area contributed by atoms with Gasteiger partial charge in [0.2, 0.25) is 5.91 Å². The van der Waals surface area contributed by atoms with Crippen LogP contribution < -0.4 is 5.32 Å². The molecule has 6 nitrogen and oxygen atoms in total. The Balaban J connectivity index is 1.67. The molecule has 0 aromatic heterocycles. The first kappa shape index (κ1) is 17.0. The molecule has 0 aliphatic carbocycles. The molecule has 1 saturated heterocycles. The number of methoxy groups -OCH3 is 1. The van der Waals surface area contributed by atoms with E-state index in [1.807, 2.05) is 30.3 Å². The van der Waals surface area contributed by atoms with Crippen LogP contribution in [0, 0.1) is 0 Å². The smallest absolute Gasteiger partial charge is 0.355 e. The molecule has 0 bridgehead atoms. The van der Waals surface area contributed by atoms with Gasteiger partial charge in [0, 0.05) is 10.2 Å². The van der Waals surface area contributed by atoms with Crippen LogP contribution in [0.4, 0.5) is 0 Å². The van der Waals surface area contributed by atoms with Crippen molar-refractivity contribution >= 4 is 45.5 Å². The van der Waals surface area contributed by atoms with Crippen LogP contribution >= 0.6 is 27.7 Å². The number of nitrogens with zero attached hydrogens (tertiary/aromatic N) is 1. The fraction of sp³-hybridized carbons (Fsp3) is 0.312. The van der Waals surface area contributed by atoms with E-state index in [1.165, 1.54) is 23.8 Å². The van der Waals surface area contributed by atoms with Crippen LogP contribution in [-0.4, -0.2) is 47.0 Å². The van der Waals surface area contributed by atoms with Gasteiger partial charge in [-0.25, -0.2) is 4.79 Å². The maximum Gasteiger partial charge on any atom is 0.355 e. The first-order valence-electron chi connectivity index (χ1n) is 7.28. The average molecular weight is 411 g/mol. The van der Waals surface area contributed by atoms with Crippen LogP contribution in [-0.2, 0) is 25.5 Å². The molecule has 1 fully saturated rings. The van der Waals surface area contributed by atoms with Crippen LogP contribution in [0.1, 0.15) is 5.56 Å². The van der Waals surface area contributed by atoms with Crippen molar-refractivity contribution in [1.29, 1.82) is 0 Å². The second kappa shape index (κ2) is 6.98. The van der Waals surface area contributed by atoms with Gasteiger partial charge < -0.3 is 10.1 Å². The minimum Gasteiger partial charge on any atom is -0.464 e. The molecule has 1 aromatic carbocycles. The molecule has 24 heavy (non-hydrogen) atoms. The van der Waals surface area contributed by atoms with E-state index in [0.29, 0.717) is 10.2 Å². The van der Waals surface area contributed by atoms with E-state index in [4.69, 9.17) is 4.74 Å². The molecule has 0 spiro atoms. The molecule has 2 aliphatic rings. The highest BCUT2D eigenvalue weighted by Crippen LogP contribution is 2.42. The van der Waals surface area contributed by atoms with Crippen molar-refractivity contribution in [3.05, 3.63) is 46.1 Å². The second-order valence-corrected chi connectivity index (χ2v) is 7.42. The summed E-state index contributed by atoms with van der Waals surface area (Å²) in [4.78, 5) is 37.8. The fourth-order valence-electron chi connectivity index (χ4n) is 2.67. The highest BCUT2D eigenvalue weighted by Gasteiger charge is 2.54. The number of benzene rings is 1. The van der Waals surface area contributed by atoms with Gasteiger partial charge in [-0.05, 0) is 5.56 Å². The Kier molecular flexibility index (Phi) is 4.96. The molecule has 0 saturated carbocycles. The first-order valence-corrected chi connectivity index (χ1v) is 9.12. The number of thioether (sulfide) groups is 1. The van der Waals surface area contributed by atoms with Crippen molar-refractivity contribution < 1.29 is 19.1 Å². The largest absolute Gasteiger partial charge is 0.464 e. The summed E-state index contributed by atoms with van der Waals surface area (Å²) >= 11 is 4.81. The molecule has 2 aliphatic heterocycles. The maximum absolute atomic E-state index is 12.4. The number of amides is 2. The van der Waals surface area contributed by atoms with Gasteiger partial charge in [0.15, 0.2) is 0 Å². The van der Waals surface area contributed by atoms with E-state index in [1.54, 1.807) is 0 Å². The molecule has 1 N–H and O–H groups in total. The Morgan fingerprint density at radius 3 is 2.75 bits per heavy atom. The number of fused-ring (bicyclic) bond motifs is 1. The predicted molar refractivity (Wildman–Crippen MR) is 93.1 cm³/mol. The van der Waals surface area contributed by atoms with Gasteiger partial charge in [-0.2, -0.15) is 0 Å². The lowest BCUT2D eigenvalue weighted by Gasteiger charge is -2.49. The Morgan fingerprint density at radius 2 is 2.08 bits per heavy atom. The number of carbonyl (C=O) groups excluding carboxylic acids is 3. The van der Waals surface area contributed by atoms with E-state index >= 15 is 0 Å². The van der Waals surface area contributed by atoms with E-state index in [-0.39, 0.29) is 29.3 Å². The fourth-order valence-corrected chi connectivity index (χ4v) is 4.61. The number of hydrogen-bond donors (Lipinski definition) is 1. The van der Waals surface area contributed by atoms with Crippen molar-refractivity contribution in [2.45, 2.75) is 17.8 Å². The molecule has 126 valence electrons. The van der Waals surface area contributed by atoms with Crippen LogP contribution in [0.5, 0.6) is 0 Å². The molecule has 2 heterocycles. The Bertz CT molecular complexity index is 722. The lowest BCUT2D eigenvalue weighted by Crippen LogP contribution is -2.70. The van der Waals surface area contributed by atoms with Crippen molar-refractivity contribution in [2.24, 2.45) is 0 Å². The number of β-lactam (4-membered cyclic amide) rings is 1. The number of nitrogens with one attached hydrogen (secondary N) is 1. The van der Waals surface area contributed by atoms with Crippen LogP contribution in [0.2, 0.25) is 0 Å². The van der Waals surface area contributed by atoms with Gasteiger partial charge in [-0.3, -0.25) is 14.5 Å². The number of halogens is 1. The monoisotopic (exact) mass is 410 g/mol. The number of hydrogen-bond acceptors (Lipinski definition) is 5. The van der Waals surface area contributed by atoms with Crippen LogP contribution in [0.25, 0.3) is 0 Å². The summed E-state index contributed by atoms with van der Waals surface area (Å²) in [5.41, 5.74) is 1.10. The summed E-state index contributed by atoms with van der Waals surface area (Å²) in [7, 11) is 1.27. The molecule has 3 rings (SSSR count). The lowest BCUT2D eigenvalue weighted by molar-refractivity contribution is -0.151. The molecule has 8 heteroatoms. The number of esters is 1. The third-order valence-electron chi connectivity index (χ3n) is 3.82. The van der Waals surface area contributed by atoms with Crippen LogP contribution in [0.3, 0.4) is 0 Å². The van der Waals surface area contributed by atoms with E-state index in [9.17, 15) is 14.4 Å². The molecule has 2 atom stereocenters. The highest BCUT2D eigenvalue weighted by atomic mass is 79.9. The molecule has 1 aromatic rings. The van der Waals surface area contributed by atoms with Crippen molar-refractivity contribution in [3.8, 4) is 0 Å². The summed E-state index contributed by atoms with van der Waals surface area (Å²) in [6, 6.07) is 8.71. The quantitative estimate of drug-likeness (QED) is 0.599. The molecule has 0 radical (unpaired) electrons. The molecule has 2 amide bonds. The summed E-state index contributed by atoms with van der Waals surface area (Å²) in [6.07, 6.45) is 0.214. The van der Waals surface area contributed by atoms with Gasteiger partial charge in [-0.15, -0.1) is 11.8 Å². The van der Waals surface area contributed by atoms with Crippen molar-refractivity contribution in [1.82, 2.24) is 10.2 Å². The van der Waals surface area contributed by atoms with Gasteiger partial charge >= 0.3 is 5.97 Å². The SMILES string of the molecule is COC(=O)C1=C(Br)CS[C@H]2C(NC(=O)Cc3ccccc3)C(=O)N12. The normalized spacial score (nSPS) is 22.6. The van der Waals surface area contributed by atoms with Crippen molar-refractivity contribution in [3.63, 3.8) is 0 Å². The zero-order valence-electron chi connectivity index (χ0n) is 12.8. The number of carbonyl (C=O) groups is 3. The Morgan fingerprint density at radius 1 is 1.38 bits per heavy atom. The van der Waals surface area contributed by atoms with Crippen LogP contribution in [0.15, 0.2) is 40.5 Å². The second-order valence-electron chi connectivity index (χ2n) is 5.36. The average Bonchev–Trinajstić information content (AvgIpc) is 2.59. The Hall–Kier alpha value is -1.80. The third-order valence-corrected chi connectivity index (χ3v) is 6.13. The minimum atomic E-state index is -0.619. The predicted octanol–water partition coefficient (Wildman–Crippen LogP) is 1.41. The Labute approximate surface area is 151 Å². The molecular formula is C16H15BrN2O4S.